The Bertz CT molecular complexity index is 1670. The molecule has 10 heteroatoms. The number of nitrogens with two attached hydrogens (primary N) is 2. The molecule has 5 N–H and O–H groups in total. The summed E-state index contributed by atoms with van der Waals surface area (Å²) >= 11 is 0. The summed E-state index contributed by atoms with van der Waals surface area (Å²) in [7, 11) is 0. The minimum Gasteiger partial charge on any atom is -0.384 e. The topological polar surface area (TPSA) is 131 Å². The van der Waals surface area contributed by atoms with Gasteiger partial charge < -0.3 is 31.1 Å². The molecule has 4 aliphatic rings. The number of morpholine rings is 1. The van der Waals surface area contributed by atoms with E-state index in [0.717, 1.165) is 92.7 Å². The van der Waals surface area contributed by atoms with E-state index in [4.69, 9.17) is 16.3 Å². The standard InChI is InChI=1S/C36H45N7O3/c37-32(40-38)22-39-35(44)26-10-11-30-31(21-26)43-23-27(36(45)42-14-12-28(13-15-42)41-16-18-46-19-17-41)20-25-8-4-5-9-29(25)34(43)33(30)24-6-2-1-3-7-24/h4-5,8-11,20-21,24,28H,1-3,6-7,12-19,22-23,38H2,(H2,37,40)(H,39,44). The van der Waals surface area contributed by atoms with Crippen LogP contribution in [0.5, 0.6) is 0 Å². The fourth-order valence-electron chi connectivity index (χ4n) is 8.05. The maximum absolute atomic E-state index is 14.3. The molecule has 3 fully saturated rings. The number of hydrogen-bond donors (Lipinski definition) is 3. The molecule has 4 heterocycles. The highest BCUT2D eigenvalue weighted by Crippen LogP contribution is 2.46. The number of fused-ring (bicyclic) bond motifs is 5. The van der Waals surface area contributed by atoms with Crippen molar-refractivity contribution in [3.8, 4) is 11.3 Å². The van der Waals surface area contributed by atoms with E-state index in [1.54, 1.807) is 0 Å². The molecule has 1 aliphatic carbocycles. The number of piperidine rings is 1. The maximum atomic E-state index is 14.3. The lowest BCUT2D eigenvalue weighted by atomic mass is 9.81. The minimum absolute atomic E-state index is 0.0734. The lowest BCUT2D eigenvalue weighted by molar-refractivity contribution is -0.129. The number of amidine groups is 1. The summed E-state index contributed by atoms with van der Waals surface area (Å²) in [5, 5.41) is 7.45. The molecule has 0 radical (unpaired) electrons. The Morgan fingerprint density at radius 1 is 0.957 bits per heavy atom. The number of carbonyl (C=O) groups excluding carboxylic acids is 2. The van der Waals surface area contributed by atoms with Gasteiger partial charge in [-0.1, -0.05) is 49.6 Å². The number of amides is 2. The van der Waals surface area contributed by atoms with Crippen LogP contribution in [-0.2, 0) is 16.1 Å². The van der Waals surface area contributed by atoms with Gasteiger partial charge in [0.15, 0.2) is 0 Å². The number of likely N-dealkylation sites (tertiary alicyclic amines) is 1. The highest BCUT2D eigenvalue weighted by molar-refractivity contribution is 6.04. The summed E-state index contributed by atoms with van der Waals surface area (Å²) < 4.78 is 7.87. The summed E-state index contributed by atoms with van der Waals surface area (Å²) in [6.45, 7) is 5.57. The minimum atomic E-state index is -0.243. The lowest BCUT2D eigenvalue weighted by Crippen LogP contribution is -2.50. The van der Waals surface area contributed by atoms with Crippen molar-refractivity contribution in [2.45, 2.75) is 63.5 Å². The molecule has 46 heavy (non-hydrogen) atoms. The second-order valence-corrected chi connectivity index (χ2v) is 13.1. The molecule has 7 rings (SSSR count). The van der Waals surface area contributed by atoms with Gasteiger partial charge in [0.2, 0.25) is 0 Å². The molecule has 0 unspecified atom stereocenters. The van der Waals surface area contributed by atoms with Gasteiger partial charge in [0.1, 0.15) is 5.84 Å². The first kappa shape index (κ1) is 30.5. The van der Waals surface area contributed by atoms with Crippen molar-refractivity contribution in [2.24, 2.45) is 16.7 Å². The van der Waals surface area contributed by atoms with Crippen molar-refractivity contribution in [1.29, 1.82) is 0 Å². The van der Waals surface area contributed by atoms with E-state index in [0.29, 0.717) is 24.1 Å². The van der Waals surface area contributed by atoms with Crippen LogP contribution >= 0.6 is 0 Å². The van der Waals surface area contributed by atoms with Crippen LogP contribution in [0.15, 0.2) is 53.1 Å². The van der Waals surface area contributed by atoms with Gasteiger partial charge in [-0.05, 0) is 60.9 Å². The quantitative estimate of drug-likeness (QED) is 0.165. The van der Waals surface area contributed by atoms with E-state index in [9.17, 15) is 9.59 Å². The van der Waals surface area contributed by atoms with Crippen LogP contribution < -0.4 is 16.9 Å². The van der Waals surface area contributed by atoms with Crippen molar-refractivity contribution >= 4 is 34.6 Å². The molecule has 10 nitrogen and oxygen atoms in total. The molecule has 1 aromatic heterocycles. The van der Waals surface area contributed by atoms with Crippen molar-refractivity contribution in [3.05, 3.63) is 64.7 Å². The number of carbonyl (C=O) groups is 2. The molecule has 0 bridgehead atoms. The number of nitrogens with one attached hydrogen (secondary N) is 1. The number of nitrogens with zero attached hydrogens (tertiary/aromatic N) is 4. The highest BCUT2D eigenvalue weighted by atomic mass is 16.5. The van der Waals surface area contributed by atoms with Crippen molar-refractivity contribution < 1.29 is 14.3 Å². The van der Waals surface area contributed by atoms with Gasteiger partial charge in [-0.2, -0.15) is 5.10 Å². The van der Waals surface area contributed by atoms with Crippen LogP contribution in [0.25, 0.3) is 28.2 Å². The Morgan fingerprint density at radius 3 is 2.48 bits per heavy atom. The summed E-state index contributed by atoms with van der Waals surface area (Å²) in [5.74, 6) is 5.72. The Hall–Kier alpha value is -4.15. The Balaban J connectivity index is 1.26. The number of hydrazone groups is 1. The molecule has 1 saturated carbocycles. The van der Waals surface area contributed by atoms with E-state index in [1.807, 2.05) is 17.0 Å². The van der Waals surface area contributed by atoms with Crippen LogP contribution in [0.1, 0.15) is 72.3 Å². The van der Waals surface area contributed by atoms with Crippen LogP contribution in [0, 0.1) is 0 Å². The molecule has 0 spiro atoms. The van der Waals surface area contributed by atoms with Gasteiger partial charge in [-0.3, -0.25) is 14.5 Å². The van der Waals surface area contributed by atoms with E-state index in [2.05, 4.69) is 56.3 Å². The van der Waals surface area contributed by atoms with E-state index in [-0.39, 0.29) is 24.2 Å². The van der Waals surface area contributed by atoms with Gasteiger partial charge in [0.25, 0.3) is 11.8 Å². The zero-order valence-electron chi connectivity index (χ0n) is 26.5. The summed E-state index contributed by atoms with van der Waals surface area (Å²) in [4.78, 5) is 32.1. The first-order valence-corrected chi connectivity index (χ1v) is 16.9. The Morgan fingerprint density at radius 2 is 1.72 bits per heavy atom. The van der Waals surface area contributed by atoms with Gasteiger partial charge in [-0.15, -0.1) is 0 Å². The maximum Gasteiger partial charge on any atom is 0.251 e. The molecule has 2 aromatic carbocycles. The average molecular weight is 624 g/mol. The number of rotatable bonds is 6. The fourth-order valence-corrected chi connectivity index (χ4v) is 8.05. The van der Waals surface area contributed by atoms with Crippen LogP contribution in [0.2, 0.25) is 0 Å². The van der Waals surface area contributed by atoms with E-state index in [1.165, 1.54) is 30.5 Å². The largest absolute Gasteiger partial charge is 0.384 e. The molecule has 3 aromatic rings. The predicted octanol–water partition coefficient (Wildman–Crippen LogP) is 4.04. The average Bonchev–Trinajstić information content (AvgIpc) is 3.33. The second kappa shape index (κ2) is 13.3. The lowest BCUT2D eigenvalue weighted by Gasteiger charge is -2.40. The molecular formula is C36H45N7O3. The SMILES string of the molecule is N/N=C(\N)CNC(=O)c1ccc2c(C3CCCCC3)c3n(c2c1)CC(C(=O)N1CCC(N2CCOCC2)CC1)=Cc1ccccc1-3. The van der Waals surface area contributed by atoms with Crippen LogP contribution in [0.4, 0.5) is 0 Å². The van der Waals surface area contributed by atoms with Gasteiger partial charge >= 0.3 is 0 Å². The monoisotopic (exact) mass is 623 g/mol. The fraction of sp³-hybridized carbons (Fsp3) is 0.472. The number of benzene rings is 2. The summed E-state index contributed by atoms with van der Waals surface area (Å²) in [6.07, 6.45) is 10.1. The summed E-state index contributed by atoms with van der Waals surface area (Å²) in [6, 6.07) is 14.9. The molecule has 3 aliphatic heterocycles. The third-order valence-corrected chi connectivity index (χ3v) is 10.4. The second-order valence-electron chi connectivity index (χ2n) is 13.1. The molecular weight excluding hydrogens is 578 g/mol. The van der Waals surface area contributed by atoms with E-state index < -0.39 is 0 Å². The third-order valence-electron chi connectivity index (χ3n) is 10.4. The zero-order chi connectivity index (χ0) is 31.6. The molecule has 242 valence electrons. The first-order chi connectivity index (χ1) is 22.5. The Labute approximate surface area is 270 Å². The van der Waals surface area contributed by atoms with Crippen LogP contribution in [-0.4, -0.2) is 84.0 Å². The number of hydrogen-bond acceptors (Lipinski definition) is 6. The molecule has 2 saturated heterocycles. The van der Waals surface area contributed by atoms with Crippen molar-refractivity contribution in [1.82, 2.24) is 19.7 Å². The smallest absolute Gasteiger partial charge is 0.251 e. The number of aromatic nitrogens is 1. The van der Waals surface area contributed by atoms with E-state index >= 15 is 0 Å². The van der Waals surface area contributed by atoms with Crippen LogP contribution in [0.3, 0.4) is 0 Å². The molecule has 0 atom stereocenters. The first-order valence-electron chi connectivity index (χ1n) is 16.9. The molecule has 2 amide bonds. The van der Waals surface area contributed by atoms with Gasteiger partial charge in [0.05, 0.1) is 32.0 Å². The zero-order valence-corrected chi connectivity index (χ0v) is 26.5. The number of ether oxygens (including phenoxy) is 1. The summed E-state index contributed by atoms with van der Waals surface area (Å²) in [5.41, 5.74) is 12.8. The normalized spacial score (nSPS) is 20.1. The third kappa shape index (κ3) is 5.91. The Kier molecular flexibility index (Phi) is 8.82. The predicted molar refractivity (Wildman–Crippen MR) is 181 cm³/mol. The van der Waals surface area contributed by atoms with Gasteiger partial charge in [0, 0.05) is 59.8 Å². The van der Waals surface area contributed by atoms with Crippen molar-refractivity contribution in [2.75, 3.05) is 45.9 Å². The highest BCUT2D eigenvalue weighted by Gasteiger charge is 2.33. The van der Waals surface area contributed by atoms with Gasteiger partial charge in [-0.25, -0.2) is 0 Å². The van der Waals surface area contributed by atoms with Crippen molar-refractivity contribution in [3.63, 3.8) is 0 Å².